The highest BCUT2D eigenvalue weighted by Crippen LogP contribution is 2.27. The second-order valence-electron chi connectivity index (χ2n) is 6.84. The molecule has 2 rings (SSSR count). The van der Waals surface area contributed by atoms with Gasteiger partial charge in [-0.15, -0.1) is 0 Å². The summed E-state index contributed by atoms with van der Waals surface area (Å²) in [4.78, 5) is 26.8. The molecule has 31 heavy (non-hydrogen) atoms. The number of benzene rings is 2. The molecule has 11 heteroatoms. The average molecular weight is 507 g/mol. The van der Waals surface area contributed by atoms with Crippen LogP contribution in [0, 0.1) is 0 Å². The predicted octanol–water partition coefficient (Wildman–Crippen LogP) is 3.58. The molecular weight excluding hydrogens is 485 g/mol. The normalized spacial score (nSPS) is 12.2. The fourth-order valence-corrected chi connectivity index (χ4v) is 4.48. The van der Waals surface area contributed by atoms with Gasteiger partial charge >= 0.3 is 0 Å². The van der Waals surface area contributed by atoms with Crippen molar-refractivity contribution in [1.82, 2.24) is 10.2 Å². The first-order valence-corrected chi connectivity index (χ1v) is 12.1. The minimum absolute atomic E-state index is 0.0574. The number of hydrogen-bond acceptors (Lipinski definition) is 4. The highest BCUT2D eigenvalue weighted by Gasteiger charge is 2.30. The number of hydrogen-bond donors (Lipinski definition) is 1. The fraction of sp³-hybridized carbons (Fsp3) is 0.300. The topological polar surface area (TPSA) is 86.8 Å². The molecule has 0 aliphatic heterocycles. The molecule has 0 bridgehead atoms. The second-order valence-corrected chi connectivity index (χ2v) is 10.1. The van der Waals surface area contributed by atoms with Gasteiger partial charge in [-0.25, -0.2) is 8.42 Å². The smallest absolute Gasteiger partial charge is 0.244 e. The van der Waals surface area contributed by atoms with E-state index in [1.165, 1.54) is 30.1 Å². The molecule has 0 unspecified atom stereocenters. The Kier molecular flexibility index (Phi) is 8.59. The highest BCUT2D eigenvalue weighted by atomic mass is 35.5. The van der Waals surface area contributed by atoms with E-state index < -0.39 is 34.4 Å². The zero-order valence-electron chi connectivity index (χ0n) is 17.1. The maximum atomic E-state index is 13.2. The number of rotatable bonds is 8. The van der Waals surface area contributed by atoms with Crippen molar-refractivity contribution in [3.63, 3.8) is 0 Å². The predicted molar refractivity (Wildman–Crippen MR) is 124 cm³/mol. The lowest BCUT2D eigenvalue weighted by molar-refractivity contribution is -0.139. The molecular formula is C20H22Cl3N3O4S. The van der Waals surface area contributed by atoms with Crippen molar-refractivity contribution in [3.8, 4) is 0 Å². The van der Waals surface area contributed by atoms with Gasteiger partial charge in [-0.05, 0) is 42.8 Å². The van der Waals surface area contributed by atoms with Gasteiger partial charge < -0.3 is 10.2 Å². The molecule has 1 atom stereocenters. The van der Waals surface area contributed by atoms with E-state index in [1.807, 2.05) is 0 Å². The van der Waals surface area contributed by atoms with Crippen LogP contribution in [-0.4, -0.2) is 51.0 Å². The molecule has 0 aliphatic carbocycles. The summed E-state index contributed by atoms with van der Waals surface area (Å²) in [6.07, 6.45) is 0.971. The van der Waals surface area contributed by atoms with E-state index in [2.05, 4.69) is 5.32 Å². The van der Waals surface area contributed by atoms with Gasteiger partial charge in [-0.1, -0.05) is 46.9 Å². The van der Waals surface area contributed by atoms with E-state index in [0.717, 1.165) is 10.6 Å². The molecule has 0 radical (unpaired) electrons. The molecule has 168 valence electrons. The Bertz CT molecular complexity index is 1060. The third kappa shape index (κ3) is 7.00. The number of nitrogens with one attached hydrogen (secondary N) is 1. The summed E-state index contributed by atoms with van der Waals surface area (Å²) in [5, 5.41) is 3.42. The second kappa shape index (κ2) is 10.5. The number of halogens is 3. The molecule has 0 aliphatic rings. The van der Waals surface area contributed by atoms with E-state index >= 15 is 0 Å². The summed E-state index contributed by atoms with van der Waals surface area (Å²) in [6, 6.07) is 10.2. The molecule has 1 N–H and O–H groups in total. The third-order valence-electron chi connectivity index (χ3n) is 4.47. The molecule has 0 saturated carbocycles. The Morgan fingerprint density at radius 1 is 1.03 bits per heavy atom. The summed E-state index contributed by atoms with van der Waals surface area (Å²) in [5.74, 6) is -0.982. The van der Waals surface area contributed by atoms with Crippen molar-refractivity contribution in [2.24, 2.45) is 0 Å². The van der Waals surface area contributed by atoms with Gasteiger partial charge in [0.05, 0.1) is 11.9 Å². The Hall–Kier alpha value is -2.00. The van der Waals surface area contributed by atoms with Gasteiger partial charge in [0.25, 0.3) is 0 Å². The third-order valence-corrected chi connectivity index (χ3v) is 6.28. The lowest BCUT2D eigenvalue weighted by Crippen LogP contribution is -2.50. The SMILES string of the molecule is CNC(=O)[C@H](C)N(Cc1cccc(Cl)c1)C(=O)CN(c1cc(Cl)cc(Cl)c1)S(C)(=O)=O. The van der Waals surface area contributed by atoms with Crippen molar-refractivity contribution in [1.29, 1.82) is 0 Å². The Morgan fingerprint density at radius 2 is 1.65 bits per heavy atom. The molecule has 2 aromatic rings. The number of sulfonamides is 1. The largest absolute Gasteiger partial charge is 0.357 e. The van der Waals surface area contributed by atoms with E-state index in [0.29, 0.717) is 10.6 Å². The Labute approximate surface area is 196 Å². The first kappa shape index (κ1) is 25.3. The number of likely N-dealkylation sites (N-methyl/N-ethyl adjacent to an activating group) is 1. The highest BCUT2D eigenvalue weighted by molar-refractivity contribution is 7.92. The van der Waals surface area contributed by atoms with Gasteiger partial charge in [0, 0.05) is 28.7 Å². The van der Waals surface area contributed by atoms with Crippen LogP contribution < -0.4 is 9.62 Å². The quantitative estimate of drug-likeness (QED) is 0.593. The van der Waals surface area contributed by atoms with Crippen molar-refractivity contribution in [2.45, 2.75) is 19.5 Å². The Balaban J connectivity index is 2.42. The van der Waals surface area contributed by atoms with Crippen molar-refractivity contribution < 1.29 is 18.0 Å². The van der Waals surface area contributed by atoms with Gasteiger partial charge in [0.1, 0.15) is 12.6 Å². The molecule has 0 heterocycles. The number of amides is 2. The van der Waals surface area contributed by atoms with Crippen LogP contribution in [0.15, 0.2) is 42.5 Å². The average Bonchev–Trinajstić information content (AvgIpc) is 2.67. The number of anilines is 1. The summed E-state index contributed by atoms with van der Waals surface area (Å²) in [6.45, 7) is 1.07. The lowest BCUT2D eigenvalue weighted by Gasteiger charge is -2.31. The van der Waals surface area contributed by atoms with Crippen molar-refractivity contribution in [2.75, 3.05) is 24.2 Å². The molecule has 0 spiro atoms. The monoisotopic (exact) mass is 505 g/mol. The van der Waals surface area contributed by atoms with Crippen LogP contribution in [0.2, 0.25) is 15.1 Å². The number of nitrogens with zero attached hydrogens (tertiary/aromatic N) is 2. The minimum atomic E-state index is -3.86. The minimum Gasteiger partial charge on any atom is -0.357 e. The first-order valence-electron chi connectivity index (χ1n) is 9.11. The van der Waals surface area contributed by atoms with E-state index in [4.69, 9.17) is 34.8 Å². The van der Waals surface area contributed by atoms with Crippen LogP contribution in [0.5, 0.6) is 0 Å². The van der Waals surface area contributed by atoms with E-state index in [1.54, 1.807) is 31.2 Å². The van der Waals surface area contributed by atoms with Crippen molar-refractivity contribution in [3.05, 3.63) is 63.1 Å². The van der Waals surface area contributed by atoms with Gasteiger partial charge in [0.2, 0.25) is 21.8 Å². The maximum Gasteiger partial charge on any atom is 0.244 e. The summed E-state index contributed by atoms with van der Waals surface area (Å²) in [7, 11) is -2.41. The van der Waals surface area contributed by atoms with Gasteiger partial charge in [-0.2, -0.15) is 0 Å². The van der Waals surface area contributed by atoms with E-state index in [-0.39, 0.29) is 22.3 Å². The molecule has 2 amide bonds. The first-order chi connectivity index (χ1) is 14.4. The van der Waals surface area contributed by atoms with Crippen LogP contribution >= 0.6 is 34.8 Å². The van der Waals surface area contributed by atoms with Crippen LogP contribution in [0.4, 0.5) is 5.69 Å². The molecule has 0 aromatic heterocycles. The summed E-state index contributed by atoms with van der Waals surface area (Å²) in [5.41, 5.74) is 0.831. The molecule has 0 saturated heterocycles. The van der Waals surface area contributed by atoms with E-state index in [9.17, 15) is 18.0 Å². The summed E-state index contributed by atoms with van der Waals surface area (Å²) >= 11 is 18.1. The van der Waals surface area contributed by atoms with Gasteiger partial charge in [0.15, 0.2) is 0 Å². The standard InChI is InChI=1S/C20H22Cl3N3O4S/c1-13(20(28)24-2)25(11-14-5-4-6-15(21)7-14)19(27)12-26(31(3,29)30)18-9-16(22)8-17(23)10-18/h4-10,13H,11-12H2,1-3H3,(H,24,28)/t13-/m0/s1. The molecule has 0 fully saturated rings. The fourth-order valence-electron chi connectivity index (χ4n) is 2.92. The van der Waals surface area contributed by atoms with Gasteiger partial charge in [-0.3, -0.25) is 13.9 Å². The maximum absolute atomic E-state index is 13.2. The number of carbonyl (C=O) groups excluding carboxylic acids is 2. The Morgan fingerprint density at radius 3 is 2.16 bits per heavy atom. The summed E-state index contributed by atoms with van der Waals surface area (Å²) < 4.78 is 25.8. The van der Waals surface area contributed by atoms with Crippen LogP contribution in [0.3, 0.4) is 0 Å². The van der Waals surface area contributed by atoms with Crippen LogP contribution in [0.25, 0.3) is 0 Å². The molecule has 7 nitrogen and oxygen atoms in total. The lowest BCUT2D eigenvalue weighted by atomic mass is 10.1. The van der Waals surface area contributed by atoms with Crippen LogP contribution in [-0.2, 0) is 26.2 Å². The molecule has 2 aromatic carbocycles. The van der Waals surface area contributed by atoms with Crippen LogP contribution in [0.1, 0.15) is 12.5 Å². The zero-order valence-corrected chi connectivity index (χ0v) is 20.2. The zero-order chi connectivity index (χ0) is 23.3. The van der Waals surface area contributed by atoms with Crippen molar-refractivity contribution >= 4 is 62.3 Å². The number of carbonyl (C=O) groups is 2.